The van der Waals surface area contributed by atoms with Gasteiger partial charge in [0.15, 0.2) is 0 Å². The average Bonchev–Trinajstić information content (AvgIpc) is 0.764. The van der Waals surface area contributed by atoms with Gasteiger partial charge in [0, 0.05) is 55.0 Å². The van der Waals surface area contributed by atoms with Gasteiger partial charge in [0.25, 0.3) is 0 Å². The Balaban J connectivity index is 0.0000105. The van der Waals surface area contributed by atoms with Gasteiger partial charge in [-0.25, -0.2) is 4.98 Å². The molecule has 9 rings (SSSR count). The van der Waals surface area contributed by atoms with Crippen molar-refractivity contribution in [1.82, 2.24) is 14.5 Å². The number of hydrogen-bond acceptors (Lipinski definition) is 3. The van der Waals surface area contributed by atoms with Crippen LogP contribution in [0.15, 0.2) is 152 Å². The predicted molar refractivity (Wildman–Crippen MR) is 310 cm³/mol. The number of para-hydroxylation sites is 1. The molecule has 0 unspecified atom stereocenters. The molecule has 0 saturated carbocycles. The van der Waals surface area contributed by atoms with E-state index in [1.165, 1.54) is 18.3 Å². The van der Waals surface area contributed by atoms with Crippen LogP contribution in [0.1, 0.15) is 159 Å². The maximum atomic E-state index is 12.7. The number of phenolic OH excluding ortho intramolecular Hbond substituents is 1. The molecular formula is C69H74N3OPt-. The number of pyridine rings is 1. The second-order valence-electron chi connectivity index (χ2n) is 23.4. The maximum absolute atomic E-state index is 12.7. The summed E-state index contributed by atoms with van der Waals surface area (Å²) < 4.78 is 141. The molecule has 0 radical (unpaired) electrons. The molecule has 0 saturated heterocycles. The van der Waals surface area contributed by atoms with Crippen molar-refractivity contribution < 1.29 is 48.1 Å². The summed E-state index contributed by atoms with van der Waals surface area (Å²) in [5.41, 5.74) is 3.41. The number of fused-ring (bicyclic) bond motifs is 1. The third-order valence-corrected chi connectivity index (χ3v) is 13.5. The van der Waals surface area contributed by atoms with Gasteiger partial charge in [0.05, 0.1) is 27.8 Å². The fourth-order valence-corrected chi connectivity index (χ4v) is 9.15. The molecule has 4 nitrogen and oxygen atoms in total. The number of aromatic hydroxyl groups is 1. The monoisotopic (exact) mass is 1170 g/mol. The Morgan fingerprint density at radius 1 is 0.514 bits per heavy atom. The Morgan fingerprint density at radius 2 is 1.14 bits per heavy atom. The number of rotatable bonds is 7. The minimum Gasteiger partial charge on any atom is -0.507 e. The largest absolute Gasteiger partial charge is 0.507 e. The Kier molecular flexibility index (Phi) is 9.75. The van der Waals surface area contributed by atoms with E-state index in [9.17, 15) is 12.0 Å². The molecule has 2 aromatic heterocycles. The van der Waals surface area contributed by atoms with Gasteiger partial charge >= 0.3 is 0 Å². The molecular weight excluding hydrogens is 1080 g/mol. The van der Waals surface area contributed by atoms with Crippen molar-refractivity contribution in [3.63, 3.8) is 0 Å². The van der Waals surface area contributed by atoms with Crippen molar-refractivity contribution >= 4 is 11.0 Å². The maximum Gasteiger partial charge on any atom is 0.148 e. The van der Waals surface area contributed by atoms with E-state index in [0.29, 0.717) is 55.7 Å². The fourth-order valence-electron chi connectivity index (χ4n) is 9.15. The SMILES string of the molecule is [2H]c1c([2H])c(C(C([2H])([2H])[2H])(C([2H])([2H])[2H])C([2H])([2H])[2H])c([2H])c([2H])c1-c1ccnc(-c2[c-]c(-c3cccc4c3nc(-c3cc(C(C)(C)C)cc(C(C)(C)C)c3O)n4-c3ccc(-c4cc(C(C)(C)C)cc(C(C)(C)C)c4)cc3C([2H])([2H])[2H])cc(-c3ccccc3)c2)c1.[Pt]. The van der Waals surface area contributed by atoms with E-state index in [1.807, 2.05) is 110 Å². The van der Waals surface area contributed by atoms with Crippen LogP contribution in [0.4, 0.5) is 0 Å². The van der Waals surface area contributed by atoms with Crippen LogP contribution in [0.2, 0.25) is 0 Å². The van der Waals surface area contributed by atoms with Crippen molar-refractivity contribution in [3.05, 3.63) is 191 Å². The van der Waals surface area contributed by atoms with Gasteiger partial charge in [-0.15, -0.1) is 23.8 Å². The zero-order valence-electron chi connectivity index (χ0n) is 60.2. The van der Waals surface area contributed by atoms with Crippen molar-refractivity contribution in [1.29, 1.82) is 0 Å². The Bertz CT molecular complexity index is 4150. The van der Waals surface area contributed by atoms with E-state index in [0.717, 1.165) is 27.8 Å². The number of aryl methyl sites for hydroxylation is 1. The quantitative estimate of drug-likeness (QED) is 0.162. The number of imidazole rings is 1. The second kappa shape index (κ2) is 19.7. The van der Waals surface area contributed by atoms with E-state index in [4.69, 9.17) is 25.0 Å². The Morgan fingerprint density at radius 3 is 1.76 bits per heavy atom. The molecule has 0 atom stereocenters. The molecule has 0 spiro atoms. The first-order valence-electron chi connectivity index (χ1n) is 32.7. The van der Waals surface area contributed by atoms with Crippen LogP contribution < -0.4 is 0 Å². The summed E-state index contributed by atoms with van der Waals surface area (Å²) in [6.07, 6.45) is 1.38. The van der Waals surface area contributed by atoms with Gasteiger partial charge in [-0.1, -0.05) is 223 Å². The first-order valence-corrected chi connectivity index (χ1v) is 24.7. The van der Waals surface area contributed by atoms with Crippen LogP contribution in [0.25, 0.3) is 83.9 Å². The summed E-state index contributed by atoms with van der Waals surface area (Å²) in [4.78, 5) is 10.2. The molecule has 0 amide bonds. The van der Waals surface area contributed by atoms with Gasteiger partial charge < -0.3 is 5.11 Å². The minimum absolute atomic E-state index is 0. The molecule has 0 aliphatic carbocycles. The van der Waals surface area contributed by atoms with Gasteiger partial charge in [0.1, 0.15) is 11.6 Å². The molecule has 382 valence electrons. The van der Waals surface area contributed by atoms with Crippen molar-refractivity contribution in [2.45, 2.75) is 138 Å². The number of aromatic nitrogens is 3. The first-order chi connectivity index (χ1) is 40.8. The van der Waals surface area contributed by atoms with Crippen LogP contribution in [0.5, 0.6) is 5.75 Å². The van der Waals surface area contributed by atoms with Crippen LogP contribution in [-0.2, 0) is 48.1 Å². The van der Waals surface area contributed by atoms with Crippen molar-refractivity contribution in [2.75, 3.05) is 0 Å². The number of nitrogens with zero attached hydrogens (tertiary/aromatic N) is 3. The zero-order chi connectivity index (χ0) is 66.1. The first kappa shape index (κ1) is 36.6. The van der Waals surface area contributed by atoms with Crippen LogP contribution in [0, 0.1) is 12.9 Å². The van der Waals surface area contributed by atoms with Crippen LogP contribution >= 0.6 is 0 Å². The molecule has 0 aliphatic rings. The molecule has 0 bridgehead atoms. The molecule has 0 fully saturated rings. The normalized spacial score (nSPS) is 16.4. The van der Waals surface area contributed by atoms with Gasteiger partial charge in [-0.2, -0.15) is 0 Å². The van der Waals surface area contributed by atoms with Crippen molar-refractivity contribution in [3.8, 4) is 78.6 Å². The molecule has 2 heterocycles. The van der Waals surface area contributed by atoms with Gasteiger partial charge in [-0.05, 0) is 120 Å². The molecule has 7 aromatic carbocycles. The number of benzene rings is 7. The predicted octanol–water partition coefficient (Wildman–Crippen LogP) is 18.7. The molecule has 1 N–H and O–H groups in total. The second-order valence-corrected chi connectivity index (χ2v) is 23.4. The van der Waals surface area contributed by atoms with Crippen LogP contribution in [-0.4, -0.2) is 19.6 Å². The van der Waals surface area contributed by atoms with E-state index in [2.05, 4.69) is 86.6 Å². The zero-order valence-corrected chi connectivity index (χ0v) is 46.5. The Hall–Kier alpha value is -6.35. The summed E-state index contributed by atoms with van der Waals surface area (Å²) in [5.74, 6) is 0.260. The summed E-state index contributed by atoms with van der Waals surface area (Å²) in [6, 6.07) is 37.2. The summed E-state index contributed by atoms with van der Waals surface area (Å²) >= 11 is 0. The average molecular weight is 1170 g/mol. The molecule has 5 heteroatoms. The number of hydrogen-bond donors (Lipinski definition) is 1. The van der Waals surface area contributed by atoms with Gasteiger partial charge in [-0.3, -0.25) is 9.55 Å². The van der Waals surface area contributed by atoms with E-state index >= 15 is 0 Å². The third-order valence-electron chi connectivity index (χ3n) is 13.5. The summed E-state index contributed by atoms with van der Waals surface area (Å²) in [7, 11) is 0. The van der Waals surface area contributed by atoms with E-state index < -0.39 is 73.4 Å². The Labute approximate surface area is 479 Å². The van der Waals surface area contributed by atoms with E-state index in [-0.39, 0.29) is 65.9 Å². The number of phenols is 1. The molecule has 0 aliphatic heterocycles. The summed E-state index contributed by atoms with van der Waals surface area (Å²) in [5, 5.41) is 12.7. The van der Waals surface area contributed by atoms with E-state index in [1.54, 1.807) is 6.07 Å². The third kappa shape index (κ3) is 10.9. The van der Waals surface area contributed by atoms with Crippen LogP contribution in [0.3, 0.4) is 0 Å². The smallest absolute Gasteiger partial charge is 0.148 e. The molecule has 74 heavy (non-hydrogen) atoms. The fraction of sp³-hybridized carbons (Fsp3) is 0.304. The topological polar surface area (TPSA) is 50.9 Å². The van der Waals surface area contributed by atoms with Gasteiger partial charge in [0.2, 0.25) is 0 Å². The summed E-state index contributed by atoms with van der Waals surface area (Å²) in [6.45, 7) is 11.0. The molecule has 9 aromatic rings. The van der Waals surface area contributed by atoms with Crippen molar-refractivity contribution in [2.24, 2.45) is 0 Å². The standard InChI is InChI=1S/C69H74N3O.Pt/c1-43-33-46(49-37-53(66(5,6)7)40-54(38-49)67(8,9)10)27-30-60(43)72-61-24-20-23-56(62(61)71-64(72)57-41-55(68(11,12)13)42-58(63(57)73)69(14,15)16)50-34-48(44-21-18-17-19-22-44)35-51(36-50)59-39-47(31-32-70-59)45-25-28-52(29-26-45)65(2,3)4;/h17-35,37-42,73H,1-16H3;/q-1;/i1D3,2D3,3D3,4D3,25D,26D,28D,29D;. The minimum atomic E-state index is -3.85.